The molecule has 6 heavy (non-hydrogen) atoms. The summed E-state index contributed by atoms with van der Waals surface area (Å²) in [6, 6.07) is 0. The maximum absolute atomic E-state index is 4.78. The van der Waals surface area contributed by atoms with Crippen LogP contribution in [0.4, 0.5) is 0 Å². The van der Waals surface area contributed by atoms with Crippen LogP contribution in [0.15, 0.2) is 25.3 Å². The van der Waals surface area contributed by atoms with E-state index in [0.717, 1.165) is 9.55 Å². The van der Waals surface area contributed by atoms with Gasteiger partial charge in [-0.3, -0.25) is 0 Å². The highest BCUT2D eigenvalue weighted by Gasteiger charge is 1.29. The van der Waals surface area contributed by atoms with E-state index >= 15 is 0 Å². The van der Waals surface area contributed by atoms with Gasteiger partial charge < -0.3 is 0 Å². The van der Waals surface area contributed by atoms with Gasteiger partial charge in [0.05, 0.1) is 0 Å². The maximum Gasteiger partial charge on any atom is 0.109 e. The maximum atomic E-state index is 4.78. The van der Waals surface area contributed by atoms with E-state index in [1.165, 1.54) is 0 Å². The van der Waals surface area contributed by atoms with Crippen molar-refractivity contribution in [1.29, 1.82) is 0 Å². The fourth-order valence-electron chi connectivity index (χ4n) is 0. The molecule has 0 amide bonds. The van der Waals surface area contributed by atoms with E-state index in [1.54, 1.807) is 12.2 Å². The van der Waals surface area contributed by atoms with E-state index in [-0.39, 0.29) is 0 Å². The number of rotatable bonds is 1. The Morgan fingerprint density at radius 2 is 1.33 bits per heavy atom. The number of allylic oxidation sites excluding steroid dienone is 2. The molecule has 0 aliphatic heterocycles. The molecule has 0 aliphatic carbocycles. The first-order valence-electron chi connectivity index (χ1n) is 1.53. The normalized spacial score (nSPS) is 4.83. The van der Waals surface area contributed by atoms with Crippen molar-refractivity contribution in [1.82, 2.24) is 0 Å². The van der Waals surface area contributed by atoms with Crippen molar-refractivity contribution < 1.29 is 0 Å². The van der Waals surface area contributed by atoms with Crippen LogP contribution in [-0.4, -0.2) is 9.55 Å². The van der Waals surface area contributed by atoms with Crippen molar-refractivity contribution in [3.8, 4) is 0 Å². The van der Waals surface area contributed by atoms with E-state index in [9.17, 15) is 0 Å². The molecule has 0 fully saturated rings. The molecule has 36 valence electrons. The van der Waals surface area contributed by atoms with Crippen molar-refractivity contribution in [2.45, 2.75) is 0 Å². The van der Waals surface area contributed by atoms with Crippen LogP contribution in [0.3, 0.4) is 0 Å². The summed E-state index contributed by atoms with van der Waals surface area (Å²) in [5, 5.41) is 0. The molecular weight excluding hydrogens is 112 g/mol. The predicted molar refractivity (Wildman–Crippen MR) is 36.2 cm³/mol. The van der Waals surface area contributed by atoms with Gasteiger partial charge in [0, 0.05) is 0 Å². The van der Waals surface area contributed by atoms with Crippen molar-refractivity contribution in [2.24, 2.45) is 0 Å². The summed E-state index contributed by atoms with van der Waals surface area (Å²) in [4.78, 5) is 0. The van der Waals surface area contributed by atoms with Crippen LogP contribution in [0.2, 0.25) is 0 Å². The second-order valence-electron chi connectivity index (χ2n) is 0.471. The van der Waals surface area contributed by atoms with E-state index in [2.05, 4.69) is 13.2 Å². The topological polar surface area (TPSA) is 0 Å². The second-order valence-corrected chi connectivity index (χ2v) is 0.471. The van der Waals surface area contributed by atoms with Gasteiger partial charge in [0.2, 0.25) is 0 Å². The molecule has 0 bridgehead atoms. The zero-order valence-electron chi connectivity index (χ0n) is 3.95. The number of halogens is 1. The SMILES string of the molecule is C=CC=C.[SiH3]Cl. The van der Waals surface area contributed by atoms with Crippen LogP contribution in [0.5, 0.6) is 0 Å². The van der Waals surface area contributed by atoms with E-state index < -0.39 is 0 Å². The van der Waals surface area contributed by atoms with Crippen LogP contribution in [-0.2, 0) is 0 Å². The van der Waals surface area contributed by atoms with E-state index in [1.807, 2.05) is 0 Å². The highest BCUT2D eigenvalue weighted by atomic mass is 35.6. The highest BCUT2D eigenvalue weighted by molar-refractivity contribution is 6.80. The van der Waals surface area contributed by atoms with Crippen LogP contribution in [0, 0.1) is 0 Å². The van der Waals surface area contributed by atoms with Crippen LogP contribution >= 0.6 is 11.1 Å². The Bertz CT molecular complexity index is 28.5. The average molecular weight is 121 g/mol. The quantitative estimate of drug-likeness (QED) is 0.274. The Kier molecular flexibility index (Phi) is 31.3. The van der Waals surface area contributed by atoms with Crippen molar-refractivity contribution in [3.05, 3.63) is 25.3 Å². The summed E-state index contributed by atoms with van der Waals surface area (Å²) >= 11 is 4.78. The molecule has 0 rings (SSSR count). The Balaban J connectivity index is 0. The first-order chi connectivity index (χ1) is 2.91. The van der Waals surface area contributed by atoms with E-state index in [0.29, 0.717) is 0 Å². The number of hydrogen-bond donors (Lipinski definition) is 0. The third-order valence-electron chi connectivity index (χ3n) is 0.167. The van der Waals surface area contributed by atoms with Gasteiger partial charge >= 0.3 is 0 Å². The summed E-state index contributed by atoms with van der Waals surface area (Å²) in [7, 11) is 0.778. The Morgan fingerprint density at radius 3 is 1.33 bits per heavy atom. The largest absolute Gasteiger partial charge is 0.181 e. The molecule has 0 heterocycles. The number of hydrogen-bond acceptors (Lipinski definition) is 0. The van der Waals surface area contributed by atoms with Gasteiger partial charge in [0.25, 0.3) is 0 Å². The fraction of sp³-hybridized carbons (Fsp3) is 0. The highest BCUT2D eigenvalue weighted by Crippen LogP contribution is 1.52. The molecule has 0 unspecified atom stereocenters. The van der Waals surface area contributed by atoms with Gasteiger partial charge in [-0.1, -0.05) is 25.3 Å². The van der Waals surface area contributed by atoms with E-state index in [4.69, 9.17) is 11.1 Å². The molecule has 0 aliphatic rings. The average Bonchev–Trinajstić information content (AvgIpc) is 1.72. The lowest BCUT2D eigenvalue weighted by Gasteiger charge is -1.44. The first-order valence-corrected chi connectivity index (χ1v) is 4.55. The van der Waals surface area contributed by atoms with Crippen molar-refractivity contribution >= 4 is 20.6 Å². The Hall–Kier alpha value is -0.0131. The molecule has 0 aromatic carbocycles. The Labute approximate surface area is 46.6 Å². The summed E-state index contributed by atoms with van der Waals surface area (Å²) < 4.78 is 0. The van der Waals surface area contributed by atoms with Crippen LogP contribution in [0.1, 0.15) is 0 Å². The minimum absolute atomic E-state index is 0.778. The Morgan fingerprint density at radius 1 is 1.17 bits per heavy atom. The third kappa shape index (κ3) is 36.5. The van der Waals surface area contributed by atoms with Gasteiger partial charge in [0.1, 0.15) is 9.55 Å². The van der Waals surface area contributed by atoms with Crippen molar-refractivity contribution in [3.63, 3.8) is 0 Å². The molecule has 0 aromatic rings. The minimum Gasteiger partial charge on any atom is -0.181 e. The van der Waals surface area contributed by atoms with Crippen LogP contribution in [0.25, 0.3) is 0 Å². The lowest BCUT2D eigenvalue weighted by Crippen LogP contribution is -1.21. The molecule has 0 saturated carbocycles. The summed E-state index contributed by atoms with van der Waals surface area (Å²) in [5.74, 6) is 0. The first kappa shape index (κ1) is 9.37. The molecule has 0 N–H and O–H groups in total. The zero-order chi connectivity index (χ0) is 5.41. The molecule has 0 nitrogen and oxygen atoms in total. The zero-order valence-corrected chi connectivity index (χ0v) is 6.70. The van der Waals surface area contributed by atoms with Crippen molar-refractivity contribution in [2.75, 3.05) is 0 Å². The van der Waals surface area contributed by atoms with Gasteiger partial charge in [-0.05, 0) is 0 Å². The summed E-state index contributed by atoms with van der Waals surface area (Å²) in [6.45, 7) is 6.72. The molecule has 0 atom stereocenters. The molecule has 0 saturated heterocycles. The smallest absolute Gasteiger partial charge is 0.109 e. The fourth-order valence-corrected chi connectivity index (χ4v) is 0. The second kappa shape index (κ2) is 20.1. The van der Waals surface area contributed by atoms with Gasteiger partial charge in [-0.15, -0.1) is 0 Å². The molecule has 0 spiro atoms. The minimum atomic E-state index is 0.778. The lowest BCUT2D eigenvalue weighted by atomic mass is 10.6. The van der Waals surface area contributed by atoms with Gasteiger partial charge in [-0.25, -0.2) is 0 Å². The third-order valence-corrected chi connectivity index (χ3v) is 0.167. The van der Waals surface area contributed by atoms with Crippen LogP contribution < -0.4 is 0 Å². The van der Waals surface area contributed by atoms with Gasteiger partial charge in [0.15, 0.2) is 0 Å². The summed E-state index contributed by atoms with van der Waals surface area (Å²) in [5.41, 5.74) is 0. The predicted octanol–water partition coefficient (Wildman–Crippen LogP) is 0.864. The molecule has 2 heteroatoms. The molecular formula is C4H9ClSi. The summed E-state index contributed by atoms with van der Waals surface area (Å²) in [6.07, 6.45) is 3.28. The standard InChI is InChI=1S/C4H6.ClH3Si/c1-3-4-2;1-2/h3-4H,1-2H2;2H3. The molecule has 0 radical (unpaired) electrons. The monoisotopic (exact) mass is 120 g/mol. The lowest BCUT2D eigenvalue weighted by molar-refractivity contribution is 2.15. The van der Waals surface area contributed by atoms with Gasteiger partial charge in [-0.2, -0.15) is 11.1 Å². The molecule has 0 aromatic heterocycles.